The van der Waals surface area contributed by atoms with Crippen molar-refractivity contribution in [2.75, 3.05) is 7.05 Å². The number of carbonyl (C=O) groups is 2. The topological polar surface area (TPSA) is 79.2 Å². The molecule has 178 valence electrons. The van der Waals surface area contributed by atoms with E-state index in [0.717, 1.165) is 5.56 Å². The maximum atomic E-state index is 12.8. The number of nitrogens with zero attached hydrogens (tertiary/aromatic N) is 2. The summed E-state index contributed by atoms with van der Waals surface area (Å²) in [7, 11) is 1.60. The fourth-order valence-corrected chi connectivity index (χ4v) is 4.88. The van der Waals surface area contributed by atoms with Crippen molar-refractivity contribution in [2.24, 2.45) is 4.99 Å². The normalized spacial score (nSPS) is 15.8. The number of rotatable bonds is 6. The van der Waals surface area contributed by atoms with Gasteiger partial charge < -0.3 is 9.84 Å². The van der Waals surface area contributed by atoms with E-state index < -0.39 is 5.97 Å². The van der Waals surface area contributed by atoms with Crippen LogP contribution in [0.15, 0.2) is 70.6 Å². The van der Waals surface area contributed by atoms with Gasteiger partial charge in [-0.05, 0) is 71.4 Å². The van der Waals surface area contributed by atoms with Crippen molar-refractivity contribution in [1.82, 2.24) is 4.90 Å². The molecule has 0 aliphatic carbocycles. The van der Waals surface area contributed by atoms with Crippen LogP contribution in [0.3, 0.4) is 0 Å². The molecule has 4 rings (SSSR count). The van der Waals surface area contributed by atoms with Gasteiger partial charge in [0, 0.05) is 12.1 Å². The Morgan fingerprint density at radius 2 is 1.77 bits per heavy atom. The fraction of sp³-hybridized carbons (Fsp3) is 0.0800. The zero-order valence-corrected chi connectivity index (χ0v) is 21.3. The molecular weight excluding hydrogens is 531 g/mol. The van der Waals surface area contributed by atoms with Crippen LogP contribution in [0.4, 0.5) is 5.69 Å². The van der Waals surface area contributed by atoms with Crippen molar-refractivity contribution < 1.29 is 19.4 Å². The number of hydrogen-bond donors (Lipinski definition) is 1. The Labute approximate surface area is 220 Å². The molecular formula is C25H17Cl3N2O4S. The molecule has 0 radical (unpaired) electrons. The van der Waals surface area contributed by atoms with Crippen molar-refractivity contribution in [3.05, 3.63) is 97.3 Å². The van der Waals surface area contributed by atoms with Crippen LogP contribution < -0.4 is 4.74 Å². The first-order chi connectivity index (χ1) is 16.7. The molecule has 0 saturated carbocycles. The molecule has 0 bridgehead atoms. The number of carboxylic acids is 1. The second-order valence-electron chi connectivity index (χ2n) is 7.45. The number of carboxylic acid groups (broad SMARTS) is 1. The van der Waals surface area contributed by atoms with Crippen LogP contribution in [0.25, 0.3) is 6.08 Å². The number of thioether (sulfide) groups is 1. The molecule has 0 aromatic heterocycles. The van der Waals surface area contributed by atoms with Crippen LogP contribution in [-0.2, 0) is 11.4 Å². The van der Waals surface area contributed by atoms with Crippen LogP contribution >= 0.6 is 46.6 Å². The molecule has 10 heteroatoms. The van der Waals surface area contributed by atoms with Crippen molar-refractivity contribution >= 4 is 75.4 Å². The van der Waals surface area contributed by atoms with Gasteiger partial charge in [-0.2, -0.15) is 0 Å². The van der Waals surface area contributed by atoms with Gasteiger partial charge in [0.25, 0.3) is 5.91 Å². The molecule has 1 N–H and O–H groups in total. The molecule has 1 aliphatic rings. The summed E-state index contributed by atoms with van der Waals surface area (Å²) in [6.07, 6.45) is 1.67. The Bertz CT molecular complexity index is 1350. The van der Waals surface area contributed by atoms with Gasteiger partial charge in [-0.25, -0.2) is 9.79 Å². The minimum absolute atomic E-state index is 0.113. The van der Waals surface area contributed by atoms with Gasteiger partial charge >= 0.3 is 5.97 Å². The number of amides is 1. The van der Waals surface area contributed by atoms with E-state index in [9.17, 15) is 14.7 Å². The molecule has 0 atom stereocenters. The summed E-state index contributed by atoms with van der Waals surface area (Å²) in [5.41, 5.74) is 2.07. The van der Waals surface area contributed by atoms with E-state index in [1.807, 2.05) is 12.1 Å². The molecule has 0 unspecified atom stereocenters. The number of halogens is 3. The first-order valence-corrected chi connectivity index (χ1v) is 12.1. The number of carbonyl (C=O) groups excluding carboxylic acids is 1. The predicted molar refractivity (Wildman–Crippen MR) is 141 cm³/mol. The maximum Gasteiger partial charge on any atom is 0.335 e. The van der Waals surface area contributed by atoms with E-state index in [2.05, 4.69) is 4.99 Å². The molecule has 1 aliphatic heterocycles. The van der Waals surface area contributed by atoms with Gasteiger partial charge in [0.05, 0.1) is 26.2 Å². The van der Waals surface area contributed by atoms with E-state index in [4.69, 9.17) is 39.5 Å². The second kappa shape index (κ2) is 10.7. The lowest BCUT2D eigenvalue weighted by Gasteiger charge is -2.11. The summed E-state index contributed by atoms with van der Waals surface area (Å²) in [6, 6.07) is 16.7. The van der Waals surface area contributed by atoms with Gasteiger partial charge in [0.2, 0.25) is 0 Å². The minimum atomic E-state index is -1.05. The van der Waals surface area contributed by atoms with Crippen molar-refractivity contribution in [1.29, 1.82) is 0 Å². The first-order valence-electron chi connectivity index (χ1n) is 10.2. The Kier molecular flexibility index (Phi) is 7.72. The molecule has 3 aromatic carbocycles. The second-order valence-corrected chi connectivity index (χ2v) is 9.71. The number of likely N-dealkylation sites (N-methyl/N-ethyl adjacent to an activating group) is 1. The average Bonchev–Trinajstić information content (AvgIpc) is 3.07. The van der Waals surface area contributed by atoms with Crippen molar-refractivity contribution in [3.63, 3.8) is 0 Å². The summed E-state index contributed by atoms with van der Waals surface area (Å²) in [4.78, 5) is 30.2. The van der Waals surface area contributed by atoms with Gasteiger partial charge in [-0.1, -0.05) is 53.0 Å². The third-order valence-corrected chi connectivity index (χ3v) is 6.81. The van der Waals surface area contributed by atoms with E-state index in [-0.39, 0.29) is 18.1 Å². The van der Waals surface area contributed by atoms with E-state index >= 15 is 0 Å². The lowest BCUT2D eigenvalue weighted by molar-refractivity contribution is -0.121. The lowest BCUT2D eigenvalue weighted by Crippen LogP contribution is -2.23. The monoisotopic (exact) mass is 546 g/mol. The third kappa shape index (κ3) is 6.00. The molecule has 35 heavy (non-hydrogen) atoms. The molecule has 1 saturated heterocycles. The standard InChI is InChI=1S/C25H17Cl3N2O4S/c1-30-23(31)21(35-25(30)29-18-4-2-3-16(12-18)24(32)33)11-15-9-19(27)22(20(28)10-15)34-13-14-5-7-17(26)8-6-14/h2-12H,13H2,1H3,(H,32,33). The Morgan fingerprint density at radius 1 is 1.09 bits per heavy atom. The van der Waals surface area contributed by atoms with Crippen LogP contribution in [0.5, 0.6) is 5.75 Å². The van der Waals surface area contributed by atoms with Gasteiger partial charge in [-0.3, -0.25) is 9.69 Å². The highest BCUT2D eigenvalue weighted by Crippen LogP contribution is 2.38. The van der Waals surface area contributed by atoms with Gasteiger partial charge in [0.1, 0.15) is 6.61 Å². The van der Waals surface area contributed by atoms with E-state index in [1.165, 1.54) is 28.8 Å². The van der Waals surface area contributed by atoms with Gasteiger partial charge in [-0.15, -0.1) is 0 Å². The molecule has 1 amide bonds. The van der Waals surface area contributed by atoms with Crippen LogP contribution in [0.1, 0.15) is 21.5 Å². The summed E-state index contributed by atoms with van der Waals surface area (Å²) >= 11 is 19.9. The Hall–Kier alpha value is -2.97. The number of aromatic carboxylic acids is 1. The largest absolute Gasteiger partial charge is 0.486 e. The Balaban J connectivity index is 1.54. The van der Waals surface area contributed by atoms with Crippen LogP contribution in [0.2, 0.25) is 15.1 Å². The van der Waals surface area contributed by atoms with E-state index in [0.29, 0.717) is 42.1 Å². The van der Waals surface area contributed by atoms with Crippen LogP contribution in [0, 0.1) is 0 Å². The SMILES string of the molecule is CN1C(=O)C(=Cc2cc(Cl)c(OCc3ccc(Cl)cc3)c(Cl)c2)SC1=Nc1cccc(C(=O)O)c1. The van der Waals surface area contributed by atoms with E-state index in [1.54, 1.807) is 49.5 Å². The van der Waals surface area contributed by atoms with Gasteiger partial charge in [0.15, 0.2) is 10.9 Å². The summed E-state index contributed by atoms with van der Waals surface area (Å²) in [6.45, 7) is 0.263. The number of benzene rings is 3. The molecule has 6 nitrogen and oxygen atoms in total. The molecule has 1 heterocycles. The predicted octanol–water partition coefficient (Wildman–Crippen LogP) is 7.16. The highest BCUT2D eigenvalue weighted by molar-refractivity contribution is 8.18. The third-order valence-electron chi connectivity index (χ3n) is 4.94. The Morgan fingerprint density at radius 3 is 2.43 bits per heavy atom. The average molecular weight is 548 g/mol. The smallest absolute Gasteiger partial charge is 0.335 e. The van der Waals surface area contributed by atoms with Crippen molar-refractivity contribution in [3.8, 4) is 5.75 Å². The molecule has 1 fully saturated rings. The number of aliphatic imine (C=N–C) groups is 1. The molecule has 3 aromatic rings. The number of ether oxygens (including phenoxy) is 1. The molecule has 0 spiro atoms. The maximum absolute atomic E-state index is 12.8. The first kappa shape index (κ1) is 25.1. The number of hydrogen-bond acceptors (Lipinski definition) is 5. The summed E-state index contributed by atoms with van der Waals surface area (Å²) in [5, 5.41) is 10.8. The quantitative estimate of drug-likeness (QED) is 0.331. The zero-order chi connectivity index (χ0) is 25.1. The lowest BCUT2D eigenvalue weighted by atomic mass is 10.2. The number of amidine groups is 1. The highest BCUT2D eigenvalue weighted by Gasteiger charge is 2.30. The van der Waals surface area contributed by atoms with Crippen LogP contribution in [-0.4, -0.2) is 34.1 Å². The fourth-order valence-electron chi connectivity index (χ4n) is 3.16. The highest BCUT2D eigenvalue weighted by atomic mass is 35.5. The summed E-state index contributed by atoms with van der Waals surface area (Å²) in [5.74, 6) is -0.961. The minimum Gasteiger partial charge on any atom is -0.486 e. The van der Waals surface area contributed by atoms with Crippen molar-refractivity contribution in [2.45, 2.75) is 6.61 Å². The summed E-state index contributed by atoms with van der Waals surface area (Å²) < 4.78 is 5.80. The zero-order valence-electron chi connectivity index (χ0n) is 18.2.